The minimum atomic E-state index is 0.280. The van der Waals surface area contributed by atoms with Crippen molar-refractivity contribution in [1.29, 1.82) is 0 Å². The van der Waals surface area contributed by atoms with Gasteiger partial charge < -0.3 is 4.57 Å². The number of rotatable bonds is 4. The minimum absolute atomic E-state index is 0.280. The van der Waals surface area contributed by atoms with Gasteiger partial charge in [-0.15, -0.1) is 0 Å². The van der Waals surface area contributed by atoms with Gasteiger partial charge in [0.2, 0.25) is 0 Å². The molecule has 1 aliphatic rings. The van der Waals surface area contributed by atoms with Gasteiger partial charge in [0.25, 0.3) is 5.56 Å². The average Bonchev–Trinajstić information content (AvgIpc) is 2.40. The molecule has 0 saturated carbocycles. The Bertz CT molecular complexity index is 490. The fraction of sp³-hybridized carbons (Fsp3) is 0.667. The number of hydrogen-bond acceptors (Lipinski definition) is 1. The van der Waals surface area contributed by atoms with Gasteiger partial charge in [-0.3, -0.25) is 4.79 Å². The number of fused-ring (bicyclic) bond motifs is 1. The molecular formula is C15H22BrNO. The fourth-order valence-electron chi connectivity index (χ4n) is 2.92. The van der Waals surface area contributed by atoms with Crippen LogP contribution in [0.4, 0.5) is 0 Å². The van der Waals surface area contributed by atoms with E-state index >= 15 is 0 Å². The highest BCUT2D eigenvalue weighted by Gasteiger charge is 2.19. The third kappa shape index (κ3) is 2.56. The van der Waals surface area contributed by atoms with Gasteiger partial charge in [-0.2, -0.15) is 0 Å². The number of hydrogen-bond donors (Lipinski definition) is 0. The first-order valence-electron chi connectivity index (χ1n) is 6.94. The summed E-state index contributed by atoms with van der Waals surface area (Å²) >= 11 is 3.45. The Morgan fingerprint density at radius 2 is 1.78 bits per heavy atom. The van der Waals surface area contributed by atoms with E-state index in [2.05, 4.69) is 29.8 Å². The third-order valence-corrected chi connectivity index (χ3v) is 4.70. The molecule has 18 heavy (non-hydrogen) atoms. The van der Waals surface area contributed by atoms with E-state index in [4.69, 9.17) is 0 Å². The summed E-state index contributed by atoms with van der Waals surface area (Å²) in [5.74, 6) is 0. The lowest BCUT2D eigenvalue weighted by atomic mass is 9.89. The van der Waals surface area contributed by atoms with Crippen molar-refractivity contribution in [1.82, 2.24) is 4.57 Å². The zero-order chi connectivity index (χ0) is 13.1. The normalized spacial score (nSPS) is 14.6. The fourth-order valence-corrected chi connectivity index (χ4v) is 3.32. The summed E-state index contributed by atoms with van der Waals surface area (Å²) in [7, 11) is 0. The second-order valence-corrected chi connectivity index (χ2v) is 6.02. The Hall–Kier alpha value is -0.570. The lowest BCUT2D eigenvalue weighted by Gasteiger charge is -2.22. The molecule has 0 unspecified atom stereocenters. The van der Waals surface area contributed by atoms with Crippen molar-refractivity contribution >= 4 is 15.9 Å². The third-order valence-electron chi connectivity index (χ3n) is 4.14. The molecule has 1 aromatic rings. The highest BCUT2D eigenvalue weighted by atomic mass is 79.9. The minimum Gasteiger partial charge on any atom is -0.312 e. The number of pyridine rings is 1. The Balaban J connectivity index is 2.41. The lowest BCUT2D eigenvalue weighted by Crippen LogP contribution is -2.30. The predicted octanol–water partition coefficient (Wildman–Crippen LogP) is 3.52. The first-order valence-corrected chi connectivity index (χ1v) is 8.06. The van der Waals surface area contributed by atoms with Crippen LogP contribution in [0.15, 0.2) is 4.79 Å². The van der Waals surface area contributed by atoms with Crippen LogP contribution >= 0.6 is 15.9 Å². The first-order chi connectivity index (χ1) is 8.66. The molecule has 3 heteroatoms. The van der Waals surface area contributed by atoms with Crippen molar-refractivity contribution in [2.75, 3.05) is 5.33 Å². The van der Waals surface area contributed by atoms with E-state index in [1.807, 2.05) is 4.57 Å². The Morgan fingerprint density at radius 1 is 1.11 bits per heavy atom. The van der Waals surface area contributed by atoms with E-state index in [0.717, 1.165) is 43.1 Å². The van der Waals surface area contributed by atoms with Gasteiger partial charge in [0, 0.05) is 23.1 Å². The largest absolute Gasteiger partial charge is 0.312 e. The van der Waals surface area contributed by atoms with Gasteiger partial charge >= 0.3 is 0 Å². The second kappa shape index (κ2) is 6.05. The van der Waals surface area contributed by atoms with E-state index < -0.39 is 0 Å². The van der Waals surface area contributed by atoms with Crippen LogP contribution < -0.4 is 5.56 Å². The summed E-state index contributed by atoms with van der Waals surface area (Å²) in [6, 6.07) is 0. The van der Waals surface area contributed by atoms with Crippen LogP contribution in [0.1, 0.15) is 48.1 Å². The van der Waals surface area contributed by atoms with Crippen molar-refractivity contribution in [2.45, 2.75) is 58.9 Å². The van der Waals surface area contributed by atoms with Gasteiger partial charge in [-0.05, 0) is 63.5 Å². The summed E-state index contributed by atoms with van der Waals surface area (Å²) in [6.45, 7) is 5.14. The number of alkyl halides is 1. The molecule has 1 aromatic heterocycles. The number of unbranched alkanes of at least 4 members (excludes halogenated alkanes) is 1. The predicted molar refractivity (Wildman–Crippen MR) is 79.8 cm³/mol. The smallest absolute Gasteiger partial charge is 0.254 e. The van der Waals surface area contributed by atoms with E-state index in [0.29, 0.717) is 0 Å². The molecule has 2 nitrogen and oxygen atoms in total. The maximum Gasteiger partial charge on any atom is 0.254 e. The molecule has 0 atom stereocenters. The van der Waals surface area contributed by atoms with Gasteiger partial charge in [0.05, 0.1) is 0 Å². The van der Waals surface area contributed by atoms with Crippen LogP contribution in [-0.2, 0) is 19.4 Å². The zero-order valence-electron chi connectivity index (χ0n) is 11.4. The summed E-state index contributed by atoms with van der Waals surface area (Å²) in [5, 5.41) is 1.02. The summed E-state index contributed by atoms with van der Waals surface area (Å²) < 4.78 is 2.00. The van der Waals surface area contributed by atoms with Crippen LogP contribution in [0.3, 0.4) is 0 Å². The average molecular weight is 312 g/mol. The number of nitrogens with zero attached hydrogens (tertiary/aromatic N) is 1. The van der Waals surface area contributed by atoms with E-state index in [1.165, 1.54) is 29.7 Å². The van der Waals surface area contributed by atoms with Crippen LogP contribution in [0.2, 0.25) is 0 Å². The molecule has 0 radical (unpaired) electrons. The zero-order valence-corrected chi connectivity index (χ0v) is 13.0. The monoisotopic (exact) mass is 311 g/mol. The van der Waals surface area contributed by atoms with Crippen molar-refractivity contribution < 1.29 is 0 Å². The highest BCUT2D eigenvalue weighted by Crippen LogP contribution is 2.23. The van der Waals surface area contributed by atoms with Crippen molar-refractivity contribution in [3.63, 3.8) is 0 Å². The van der Waals surface area contributed by atoms with Crippen LogP contribution in [0.25, 0.3) is 0 Å². The molecule has 1 aliphatic carbocycles. The molecule has 0 amide bonds. The standard InChI is InChI=1S/C15H22BrNO/c1-11-12(2)17(10-6-5-9-16)15(18)14-8-4-3-7-13(11)14/h3-10H2,1-2H3. The second-order valence-electron chi connectivity index (χ2n) is 5.23. The van der Waals surface area contributed by atoms with E-state index in [-0.39, 0.29) is 5.56 Å². The lowest BCUT2D eigenvalue weighted by molar-refractivity contribution is 0.576. The maximum absolute atomic E-state index is 12.5. The molecule has 0 fully saturated rings. The molecule has 2 rings (SSSR count). The Labute approximate surface area is 118 Å². The van der Waals surface area contributed by atoms with Crippen LogP contribution in [0.5, 0.6) is 0 Å². The molecule has 0 saturated heterocycles. The van der Waals surface area contributed by atoms with E-state index in [9.17, 15) is 4.79 Å². The maximum atomic E-state index is 12.5. The highest BCUT2D eigenvalue weighted by molar-refractivity contribution is 9.09. The van der Waals surface area contributed by atoms with Crippen molar-refractivity contribution in [2.24, 2.45) is 0 Å². The molecule has 0 aliphatic heterocycles. The van der Waals surface area contributed by atoms with Crippen molar-refractivity contribution in [3.05, 3.63) is 32.7 Å². The van der Waals surface area contributed by atoms with Gasteiger partial charge in [-0.1, -0.05) is 15.9 Å². The Kier molecular flexibility index (Phi) is 4.66. The molecule has 100 valence electrons. The topological polar surface area (TPSA) is 22.0 Å². The number of halogens is 1. The molecule has 0 N–H and O–H groups in total. The summed E-state index contributed by atoms with van der Waals surface area (Å²) in [6.07, 6.45) is 6.69. The van der Waals surface area contributed by atoms with Crippen molar-refractivity contribution in [3.8, 4) is 0 Å². The Morgan fingerprint density at radius 3 is 2.44 bits per heavy atom. The summed E-state index contributed by atoms with van der Waals surface area (Å²) in [4.78, 5) is 12.5. The summed E-state index contributed by atoms with van der Waals surface area (Å²) in [5.41, 5.74) is 5.25. The van der Waals surface area contributed by atoms with E-state index in [1.54, 1.807) is 0 Å². The SMILES string of the molecule is Cc1c2c(c(=O)n(CCCCBr)c1C)CCCC2. The van der Waals surface area contributed by atoms with Crippen LogP contribution in [-0.4, -0.2) is 9.90 Å². The molecule has 0 spiro atoms. The number of aromatic nitrogens is 1. The van der Waals surface area contributed by atoms with Gasteiger partial charge in [0.1, 0.15) is 0 Å². The quantitative estimate of drug-likeness (QED) is 0.616. The van der Waals surface area contributed by atoms with Gasteiger partial charge in [0.15, 0.2) is 0 Å². The molecular weight excluding hydrogens is 290 g/mol. The first kappa shape index (κ1) is 13.9. The molecule has 0 bridgehead atoms. The van der Waals surface area contributed by atoms with Crippen LogP contribution in [0, 0.1) is 13.8 Å². The van der Waals surface area contributed by atoms with Gasteiger partial charge in [-0.25, -0.2) is 0 Å². The molecule has 0 aromatic carbocycles. The molecule has 1 heterocycles.